The fourth-order valence-corrected chi connectivity index (χ4v) is 2.10. The number of likely N-dealkylation sites (tertiary alicyclic amines) is 1. The molecule has 2 rings (SSSR count). The second kappa shape index (κ2) is 4.60. The molecule has 1 saturated heterocycles. The van der Waals surface area contributed by atoms with Gasteiger partial charge >= 0.3 is 0 Å². The number of carbonyl (C=O) groups excluding carboxylic acids is 1. The monoisotopic (exact) mass is 261 g/mol. The molecule has 86 valence electrons. The zero-order valence-corrected chi connectivity index (χ0v) is 9.93. The predicted octanol–water partition coefficient (Wildman–Crippen LogP) is 2.93. The number of amides is 1. The molecule has 1 atom stereocenters. The van der Waals surface area contributed by atoms with Crippen molar-refractivity contribution in [1.29, 1.82) is 0 Å². The second-order valence-electron chi connectivity index (χ2n) is 3.77. The molecule has 5 heteroatoms. The molecule has 0 aromatic heterocycles. The Morgan fingerprint density at radius 2 is 2.25 bits per heavy atom. The highest BCUT2D eigenvalue weighted by Gasteiger charge is 2.25. The minimum Gasteiger partial charge on any atom is -0.337 e. The maximum atomic E-state index is 13.2. The van der Waals surface area contributed by atoms with E-state index in [1.807, 2.05) is 0 Å². The van der Waals surface area contributed by atoms with Crippen molar-refractivity contribution in [2.75, 3.05) is 13.1 Å². The largest absolute Gasteiger partial charge is 0.337 e. The molecule has 16 heavy (non-hydrogen) atoms. The third kappa shape index (κ3) is 2.30. The number of rotatable bonds is 1. The predicted molar refractivity (Wildman–Crippen MR) is 61.6 cm³/mol. The van der Waals surface area contributed by atoms with E-state index >= 15 is 0 Å². The molecular formula is C11H10Cl2FNO. The molecule has 1 unspecified atom stereocenters. The van der Waals surface area contributed by atoms with Crippen molar-refractivity contribution >= 4 is 29.1 Å². The van der Waals surface area contributed by atoms with Crippen LogP contribution in [0.4, 0.5) is 4.39 Å². The molecule has 1 heterocycles. The molecule has 0 spiro atoms. The van der Waals surface area contributed by atoms with Gasteiger partial charge in [0.2, 0.25) is 0 Å². The van der Waals surface area contributed by atoms with E-state index in [4.69, 9.17) is 23.2 Å². The topological polar surface area (TPSA) is 20.3 Å². The molecule has 0 radical (unpaired) electrons. The molecule has 1 fully saturated rings. The van der Waals surface area contributed by atoms with Crippen LogP contribution in [0.3, 0.4) is 0 Å². The minimum absolute atomic E-state index is 0.00102. The van der Waals surface area contributed by atoms with E-state index in [0.717, 1.165) is 12.5 Å². The summed E-state index contributed by atoms with van der Waals surface area (Å²) in [7, 11) is 0. The standard InChI is InChI=1S/C11H10Cl2FNO/c12-8-3-4-15(6-8)11(16)7-1-2-9(13)10(14)5-7/h1-2,5,8H,3-4,6H2. The average Bonchev–Trinajstić information content (AvgIpc) is 2.68. The van der Waals surface area contributed by atoms with Gasteiger partial charge in [0.05, 0.1) is 10.4 Å². The number of halogens is 3. The molecule has 1 aliphatic heterocycles. The first-order valence-electron chi connectivity index (χ1n) is 4.96. The maximum absolute atomic E-state index is 13.2. The Labute approximate surface area is 103 Å². The number of nitrogens with zero attached hydrogens (tertiary/aromatic N) is 1. The summed E-state index contributed by atoms with van der Waals surface area (Å²) >= 11 is 11.5. The Balaban J connectivity index is 2.18. The lowest BCUT2D eigenvalue weighted by molar-refractivity contribution is 0.0792. The first-order chi connectivity index (χ1) is 7.58. The van der Waals surface area contributed by atoms with E-state index in [2.05, 4.69) is 0 Å². The third-order valence-corrected chi connectivity index (χ3v) is 3.25. The van der Waals surface area contributed by atoms with Crippen LogP contribution < -0.4 is 0 Å². The van der Waals surface area contributed by atoms with Crippen LogP contribution in [0.15, 0.2) is 18.2 Å². The Kier molecular flexibility index (Phi) is 3.36. The second-order valence-corrected chi connectivity index (χ2v) is 4.79. The smallest absolute Gasteiger partial charge is 0.254 e. The van der Waals surface area contributed by atoms with Crippen molar-refractivity contribution < 1.29 is 9.18 Å². The van der Waals surface area contributed by atoms with Gasteiger partial charge in [-0.15, -0.1) is 11.6 Å². The highest BCUT2D eigenvalue weighted by molar-refractivity contribution is 6.30. The van der Waals surface area contributed by atoms with E-state index in [9.17, 15) is 9.18 Å². The van der Waals surface area contributed by atoms with Gasteiger partial charge in [0.15, 0.2) is 0 Å². The van der Waals surface area contributed by atoms with E-state index in [-0.39, 0.29) is 16.3 Å². The fraction of sp³-hybridized carbons (Fsp3) is 0.364. The summed E-state index contributed by atoms with van der Waals surface area (Å²) in [5, 5.41) is 0.0225. The fourth-order valence-electron chi connectivity index (χ4n) is 1.71. The van der Waals surface area contributed by atoms with Crippen LogP contribution in [0.1, 0.15) is 16.8 Å². The Bertz CT molecular complexity index is 424. The highest BCUT2D eigenvalue weighted by atomic mass is 35.5. The van der Waals surface area contributed by atoms with Gasteiger partial charge in [0.25, 0.3) is 5.91 Å². The van der Waals surface area contributed by atoms with Gasteiger partial charge in [-0.05, 0) is 24.6 Å². The summed E-state index contributed by atoms with van der Waals surface area (Å²) in [6.45, 7) is 1.14. The van der Waals surface area contributed by atoms with Gasteiger partial charge in [0, 0.05) is 18.7 Å². The van der Waals surface area contributed by atoms with Crippen LogP contribution in [0.2, 0.25) is 5.02 Å². The lowest BCUT2D eigenvalue weighted by Gasteiger charge is -2.15. The molecule has 1 aromatic rings. The van der Waals surface area contributed by atoms with Gasteiger partial charge < -0.3 is 4.90 Å². The summed E-state index contributed by atoms with van der Waals surface area (Å²) in [5.41, 5.74) is 0.313. The van der Waals surface area contributed by atoms with Crippen molar-refractivity contribution in [3.8, 4) is 0 Å². The molecular weight excluding hydrogens is 252 g/mol. The van der Waals surface area contributed by atoms with E-state index in [1.165, 1.54) is 12.1 Å². The molecule has 0 N–H and O–H groups in total. The van der Waals surface area contributed by atoms with Crippen molar-refractivity contribution in [3.05, 3.63) is 34.6 Å². The normalized spacial score (nSPS) is 20.2. The molecule has 1 aliphatic rings. The zero-order chi connectivity index (χ0) is 11.7. The Hall–Kier alpha value is -0.800. The molecule has 1 amide bonds. The van der Waals surface area contributed by atoms with Gasteiger partial charge in [-0.1, -0.05) is 11.6 Å². The maximum Gasteiger partial charge on any atom is 0.254 e. The summed E-state index contributed by atoms with van der Waals surface area (Å²) in [5.74, 6) is -0.771. The van der Waals surface area contributed by atoms with E-state index in [1.54, 1.807) is 4.90 Å². The van der Waals surface area contributed by atoms with Crippen LogP contribution in [-0.2, 0) is 0 Å². The van der Waals surface area contributed by atoms with Crippen molar-refractivity contribution in [2.24, 2.45) is 0 Å². The molecule has 0 bridgehead atoms. The number of hydrogen-bond acceptors (Lipinski definition) is 1. The quantitative estimate of drug-likeness (QED) is 0.712. The summed E-state index contributed by atoms with van der Waals surface area (Å²) in [6.07, 6.45) is 0.781. The van der Waals surface area contributed by atoms with Crippen LogP contribution >= 0.6 is 23.2 Å². The van der Waals surface area contributed by atoms with E-state index in [0.29, 0.717) is 18.7 Å². The molecule has 0 aliphatic carbocycles. The molecule has 0 saturated carbocycles. The van der Waals surface area contributed by atoms with Gasteiger partial charge in [0.1, 0.15) is 5.82 Å². The first kappa shape index (κ1) is 11.7. The summed E-state index contributed by atoms with van der Waals surface area (Å²) < 4.78 is 13.2. The van der Waals surface area contributed by atoms with E-state index < -0.39 is 5.82 Å². The third-order valence-electron chi connectivity index (χ3n) is 2.58. The average molecular weight is 262 g/mol. The highest BCUT2D eigenvalue weighted by Crippen LogP contribution is 2.20. The first-order valence-corrected chi connectivity index (χ1v) is 5.78. The zero-order valence-electron chi connectivity index (χ0n) is 8.42. The lowest BCUT2D eigenvalue weighted by Crippen LogP contribution is -2.28. The van der Waals surface area contributed by atoms with Crippen molar-refractivity contribution in [1.82, 2.24) is 4.90 Å². The summed E-state index contributed by atoms with van der Waals surface area (Å²) in [4.78, 5) is 13.5. The van der Waals surface area contributed by atoms with Gasteiger partial charge in [-0.2, -0.15) is 0 Å². The number of hydrogen-bond donors (Lipinski definition) is 0. The molecule has 1 aromatic carbocycles. The van der Waals surface area contributed by atoms with Crippen LogP contribution in [0, 0.1) is 5.82 Å². The van der Waals surface area contributed by atoms with Crippen LogP contribution in [0.5, 0.6) is 0 Å². The van der Waals surface area contributed by atoms with Crippen LogP contribution in [0.25, 0.3) is 0 Å². The van der Waals surface area contributed by atoms with Gasteiger partial charge in [-0.3, -0.25) is 4.79 Å². The molecule has 2 nitrogen and oxygen atoms in total. The van der Waals surface area contributed by atoms with Crippen molar-refractivity contribution in [2.45, 2.75) is 11.8 Å². The Morgan fingerprint density at radius 3 is 2.81 bits per heavy atom. The van der Waals surface area contributed by atoms with Gasteiger partial charge in [-0.25, -0.2) is 4.39 Å². The number of benzene rings is 1. The van der Waals surface area contributed by atoms with Crippen LogP contribution in [-0.4, -0.2) is 29.3 Å². The lowest BCUT2D eigenvalue weighted by atomic mass is 10.2. The number of alkyl halides is 1. The SMILES string of the molecule is O=C(c1ccc(Cl)c(F)c1)N1CCC(Cl)C1. The number of carbonyl (C=O) groups is 1. The Morgan fingerprint density at radius 1 is 1.50 bits per heavy atom. The summed E-state index contributed by atoms with van der Waals surface area (Å²) in [6, 6.07) is 4.07. The minimum atomic E-state index is -0.575. The van der Waals surface area contributed by atoms with Crippen molar-refractivity contribution in [3.63, 3.8) is 0 Å².